The predicted octanol–water partition coefficient (Wildman–Crippen LogP) is 5.48. The molecule has 1 saturated heterocycles. The number of hydrogen-bond acceptors (Lipinski definition) is 8. The van der Waals surface area contributed by atoms with E-state index in [1.807, 2.05) is 0 Å². The van der Waals surface area contributed by atoms with Gasteiger partial charge in [-0.15, -0.1) is 0 Å². The highest BCUT2D eigenvalue weighted by Gasteiger charge is 2.56. The lowest BCUT2D eigenvalue weighted by Crippen LogP contribution is -2.53. The van der Waals surface area contributed by atoms with E-state index < -0.39 is 58.4 Å². The Hall–Kier alpha value is -3.94. The normalized spacial score (nSPS) is 29.9. The van der Waals surface area contributed by atoms with Crippen LogP contribution < -0.4 is 10.2 Å². The van der Waals surface area contributed by atoms with Crippen LogP contribution in [0.2, 0.25) is 0 Å². The van der Waals surface area contributed by atoms with Crippen molar-refractivity contribution in [3.8, 4) is 6.07 Å². The van der Waals surface area contributed by atoms with Crippen molar-refractivity contribution in [1.29, 1.82) is 5.26 Å². The Morgan fingerprint density at radius 3 is 2.17 bits per heavy atom. The molecule has 47 heavy (non-hydrogen) atoms. The minimum Gasteiger partial charge on any atom is -0.481 e. The Morgan fingerprint density at radius 2 is 1.64 bits per heavy atom. The molecular weight excluding hydrogens is 602 g/mol. The van der Waals surface area contributed by atoms with E-state index in [1.165, 1.54) is 33.1 Å². The predicted molar refractivity (Wildman–Crippen MR) is 170 cm³/mol. The fourth-order valence-electron chi connectivity index (χ4n) is 8.85. The molecule has 0 spiro atoms. The molecular formula is C36H47N3O8. The number of nitriles is 1. The van der Waals surface area contributed by atoms with Crippen molar-refractivity contribution >= 4 is 35.5 Å². The van der Waals surface area contributed by atoms with Crippen LogP contribution in [0.25, 0.3) is 0 Å². The highest BCUT2D eigenvalue weighted by atomic mass is 16.6. The molecule has 4 bridgehead atoms. The molecule has 254 valence electrons. The van der Waals surface area contributed by atoms with Gasteiger partial charge in [-0.3, -0.25) is 24.1 Å². The molecule has 4 saturated carbocycles. The molecule has 1 heterocycles. The highest BCUT2D eigenvalue weighted by Crippen LogP contribution is 2.57. The fourth-order valence-corrected chi connectivity index (χ4v) is 8.85. The summed E-state index contributed by atoms with van der Waals surface area (Å²) in [7, 11) is 0. The van der Waals surface area contributed by atoms with E-state index in [1.54, 1.807) is 44.2 Å². The Morgan fingerprint density at radius 1 is 1.04 bits per heavy atom. The minimum atomic E-state index is -1.34. The van der Waals surface area contributed by atoms with Gasteiger partial charge in [0.1, 0.15) is 12.2 Å². The lowest BCUT2D eigenvalue weighted by molar-refractivity contribution is -0.156. The number of esters is 1. The Labute approximate surface area is 276 Å². The van der Waals surface area contributed by atoms with Crippen molar-refractivity contribution < 1.29 is 38.6 Å². The molecule has 0 radical (unpaired) electrons. The zero-order valence-electron chi connectivity index (χ0n) is 27.8. The second-order valence-corrected chi connectivity index (χ2v) is 15.3. The molecule has 4 unspecified atom stereocenters. The molecule has 0 aromatic heterocycles. The van der Waals surface area contributed by atoms with Gasteiger partial charge in [0, 0.05) is 0 Å². The maximum absolute atomic E-state index is 13.9. The number of hydrogen-bond donors (Lipinski definition) is 2. The van der Waals surface area contributed by atoms with Gasteiger partial charge in [0.05, 0.1) is 46.9 Å². The lowest BCUT2D eigenvalue weighted by Gasteiger charge is -2.55. The third-order valence-electron chi connectivity index (χ3n) is 11.2. The van der Waals surface area contributed by atoms with E-state index >= 15 is 0 Å². The SMILES string of the molecule is CCC(C)(CC(C#N)C1C(=O)N(c2ccccc2)C(=O)C1CC(C)(C)C(=O)O)C(=O)OCCNC(=O)OC12CC3CC(CC(C3)C1)C2. The minimum absolute atomic E-state index is 0.0619. The fraction of sp³-hybridized carbons (Fsp3) is 0.667. The molecule has 1 aromatic rings. The summed E-state index contributed by atoms with van der Waals surface area (Å²) in [5.74, 6) is -4.24. The molecule has 11 nitrogen and oxygen atoms in total. The highest BCUT2D eigenvalue weighted by molar-refractivity contribution is 6.22. The van der Waals surface area contributed by atoms with Crippen LogP contribution in [-0.4, -0.2) is 53.7 Å². The number of nitrogens with zero attached hydrogens (tertiary/aromatic N) is 2. The Kier molecular flexibility index (Phi) is 9.72. The maximum atomic E-state index is 13.9. The van der Waals surface area contributed by atoms with Gasteiger partial charge in [-0.25, -0.2) is 4.79 Å². The van der Waals surface area contributed by atoms with Crippen LogP contribution in [0.3, 0.4) is 0 Å². The molecule has 5 fully saturated rings. The van der Waals surface area contributed by atoms with Crippen LogP contribution >= 0.6 is 0 Å². The summed E-state index contributed by atoms with van der Waals surface area (Å²) in [5, 5.41) is 22.9. The first-order valence-electron chi connectivity index (χ1n) is 16.9. The van der Waals surface area contributed by atoms with E-state index in [-0.39, 0.29) is 38.0 Å². The smallest absolute Gasteiger partial charge is 0.407 e. The van der Waals surface area contributed by atoms with Gasteiger partial charge in [-0.1, -0.05) is 25.1 Å². The van der Waals surface area contributed by atoms with Crippen molar-refractivity contribution in [2.24, 2.45) is 46.3 Å². The largest absolute Gasteiger partial charge is 0.481 e. The zero-order valence-corrected chi connectivity index (χ0v) is 27.8. The average Bonchev–Trinajstić information content (AvgIpc) is 3.25. The number of alkyl carbamates (subject to hydrolysis) is 1. The third-order valence-corrected chi connectivity index (χ3v) is 11.2. The number of anilines is 1. The number of nitrogens with one attached hydrogen (secondary N) is 1. The van der Waals surface area contributed by atoms with Crippen LogP contribution in [0.1, 0.15) is 85.5 Å². The summed E-state index contributed by atoms with van der Waals surface area (Å²) in [6.45, 7) is 6.36. The van der Waals surface area contributed by atoms with Crippen LogP contribution in [0.4, 0.5) is 10.5 Å². The zero-order chi connectivity index (χ0) is 34.1. The van der Waals surface area contributed by atoms with Crippen molar-refractivity contribution in [1.82, 2.24) is 5.32 Å². The van der Waals surface area contributed by atoms with Crippen LogP contribution in [0.15, 0.2) is 30.3 Å². The number of ether oxygens (including phenoxy) is 2. The topological polar surface area (TPSA) is 163 Å². The van der Waals surface area contributed by atoms with Crippen LogP contribution in [0.5, 0.6) is 0 Å². The number of carbonyl (C=O) groups is 5. The van der Waals surface area contributed by atoms with Crippen molar-refractivity contribution in [2.75, 3.05) is 18.1 Å². The number of benzene rings is 1. The summed E-state index contributed by atoms with van der Waals surface area (Å²) in [5.41, 5.74) is -2.57. The first-order valence-corrected chi connectivity index (χ1v) is 16.9. The quantitative estimate of drug-likeness (QED) is 0.160. The van der Waals surface area contributed by atoms with Gasteiger partial charge in [-0.05, 0) is 108 Å². The van der Waals surface area contributed by atoms with Crippen LogP contribution in [0, 0.1) is 57.7 Å². The molecule has 11 heteroatoms. The number of carbonyl (C=O) groups excluding carboxylic acids is 4. The van der Waals surface area contributed by atoms with Gasteiger partial charge < -0.3 is 19.9 Å². The first-order chi connectivity index (χ1) is 22.2. The molecule has 6 rings (SSSR count). The number of para-hydroxylation sites is 1. The number of amides is 3. The second kappa shape index (κ2) is 13.3. The average molecular weight is 650 g/mol. The van der Waals surface area contributed by atoms with Crippen molar-refractivity contribution in [3.05, 3.63) is 30.3 Å². The van der Waals surface area contributed by atoms with E-state index in [4.69, 9.17) is 9.47 Å². The van der Waals surface area contributed by atoms with Crippen LogP contribution in [-0.2, 0) is 28.7 Å². The van der Waals surface area contributed by atoms with E-state index in [9.17, 15) is 34.3 Å². The van der Waals surface area contributed by atoms with Gasteiger partial charge in [0.25, 0.3) is 0 Å². The molecule has 4 atom stereocenters. The lowest BCUT2D eigenvalue weighted by atomic mass is 9.54. The van der Waals surface area contributed by atoms with Gasteiger partial charge in [0.2, 0.25) is 11.8 Å². The number of carboxylic acid groups (broad SMARTS) is 1. The van der Waals surface area contributed by atoms with Gasteiger partial charge in [0.15, 0.2) is 0 Å². The Bertz CT molecular complexity index is 1400. The van der Waals surface area contributed by atoms with E-state index in [0.717, 1.165) is 24.2 Å². The van der Waals surface area contributed by atoms with Gasteiger partial charge >= 0.3 is 18.0 Å². The third kappa shape index (κ3) is 7.02. The number of rotatable bonds is 13. The van der Waals surface area contributed by atoms with Gasteiger partial charge in [-0.2, -0.15) is 5.26 Å². The summed E-state index contributed by atoms with van der Waals surface area (Å²) in [6.07, 6.45) is 6.02. The first kappa shape index (κ1) is 34.4. The summed E-state index contributed by atoms with van der Waals surface area (Å²) in [6, 6.07) is 10.5. The summed E-state index contributed by atoms with van der Waals surface area (Å²) >= 11 is 0. The maximum Gasteiger partial charge on any atom is 0.407 e. The number of aliphatic carboxylic acids is 1. The molecule has 2 N–H and O–H groups in total. The summed E-state index contributed by atoms with van der Waals surface area (Å²) < 4.78 is 11.5. The molecule has 3 amide bonds. The Balaban J connectivity index is 1.22. The molecule has 4 aliphatic carbocycles. The van der Waals surface area contributed by atoms with Crippen molar-refractivity contribution in [3.63, 3.8) is 0 Å². The number of carboxylic acids is 1. The molecule has 5 aliphatic rings. The van der Waals surface area contributed by atoms with E-state index in [0.29, 0.717) is 23.4 Å². The standard InChI is InChI=1S/C36H47N3O8/c1-5-35(4,32(44)46-12-11-38-33(45)47-36-16-22-13-23(17-36)15-24(14-22)18-36)19-25(21-37)28-27(20-34(2,3)31(42)43)29(40)39(30(28)41)26-9-7-6-8-10-26/h6-10,22-25,27-28H,5,11-20H2,1-4H3,(H,38,45)(H,42,43). The second-order valence-electron chi connectivity index (χ2n) is 15.3. The number of imide groups is 1. The molecule has 1 aromatic carbocycles. The molecule has 1 aliphatic heterocycles. The summed E-state index contributed by atoms with van der Waals surface area (Å²) in [4.78, 5) is 66.8. The van der Waals surface area contributed by atoms with E-state index in [2.05, 4.69) is 11.4 Å². The van der Waals surface area contributed by atoms with Crippen molar-refractivity contribution in [2.45, 2.75) is 91.1 Å². The monoisotopic (exact) mass is 649 g/mol.